The van der Waals surface area contributed by atoms with E-state index < -0.39 is 0 Å². The molecule has 57 heavy (non-hydrogen) atoms. The quantitative estimate of drug-likeness (QED) is 0.249. The number of hydrogen-bond acceptors (Lipinski definition) is 1. The molecule has 0 heterocycles. The summed E-state index contributed by atoms with van der Waals surface area (Å²) in [5, 5.41) is 0. The molecule has 11 rings (SSSR count). The van der Waals surface area contributed by atoms with Crippen LogP contribution in [0.5, 0.6) is 0 Å². The lowest BCUT2D eigenvalue weighted by Gasteiger charge is -2.55. The van der Waals surface area contributed by atoms with Crippen LogP contribution in [0.15, 0.2) is 0 Å². The van der Waals surface area contributed by atoms with Crippen molar-refractivity contribution in [1.29, 1.82) is 0 Å². The Labute approximate surface area is 354 Å². The second kappa shape index (κ2) is 18.0. The molecule has 1 nitrogen and oxygen atoms in total. The van der Waals surface area contributed by atoms with Crippen molar-refractivity contribution in [3.05, 3.63) is 0 Å². The Morgan fingerprint density at radius 3 is 1.21 bits per heavy atom. The molecule has 0 aromatic carbocycles. The Balaban J connectivity index is 0.803. The van der Waals surface area contributed by atoms with Crippen molar-refractivity contribution < 1.29 is 0 Å². The van der Waals surface area contributed by atoms with E-state index in [9.17, 15) is 0 Å². The first-order chi connectivity index (χ1) is 28.2. The summed E-state index contributed by atoms with van der Waals surface area (Å²) in [4.78, 5) is 3.44. The Hall–Kier alpha value is -0.0400. The fraction of sp³-hybridized carbons (Fsp3) is 1.00. The Morgan fingerprint density at radius 1 is 0.193 bits per heavy atom. The minimum Gasteiger partial charge on any atom is -0.294 e. The molecular weight excluding hydrogens is 687 g/mol. The monoisotopic (exact) mass is 780 g/mol. The molecule has 0 saturated heterocycles. The third-order valence-corrected chi connectivity index (χ3v) is 22.9. The van der Waals surface area contributed by atoms with Gasteiger partial charge in [0.25, 0.3) is 0 Å². The second-order valence-corrected chi connectivity index (χ2v) is 25.0. The maximum absolute atomic E-state index is 3.44. The van der Waals surface area contributed by atoms with Gasteiger partial charge in [0.15, 0.2) is 0 Å². The van der Waals surface area contributed by atoms with E-state index in [4.69, 9.17) is 0 Å². The predicted octanol–water partition coefficient (Wildman–Crippen LogP) is 15.8. The maximum Gasteiger partial charge on any atom is 0.0104 e. The van der Waals surface area contributed by atoms with Gasteiger partial charge in [-0.05, 0) is 217 Å². The standard InChI is InChI=1S/C56H93N/c1-3-12-38(13-4-1)40-22-27-47(28-23-40)57(48-29-24-41(25-30-48)39-14-5-2-6-15-39)49-31-26-44-36-45-18-11-21-54(56(45)55(44)37-49)53-33-32-50(51-19-9-10-20-52(51)53)46-34-42-16-7-8-17-43(42)35-46/h38-56H,1-37H2. The maximum atomic E-state index is 3.44. The topological polar surface area (TPSA) is 3.24 Å². The van der Waals surface area contributed by atoms with E-state index in [-0.39, 0.29) is 0 Å². The summed E-state index contributed by atoms with van der Waals surface area (Å²) in [5.74, 6) is 17.8. The summed E-state index contributed by atoms with van der Waals surface area (Å²) in [6.45, 7) is 0. The van der Waals surface area contributed by atoms with E-state index in [2.05, 4.69) is 4.90 Å². The molecule has 0 amide bonds. The van der Waals surface area contributed by atoms with Crippen LogP contribution in [0.2, 0.25) is 0 Å². The predicted molar refractivity (Wildman–Crippen MR) is 240 cm³/mol. The van der Waals surface area contributed by atoms with Crippen LogP contribution in [-0.4, -0.2) is 23.0 Å². The smallest absolute Gasteiger partial charge is 0.0104 e. The van der Waals surface area contributed by atoms with Gasteiger partial charge in [0, 0.05) is 18.1 Å². The van der Waals surface area contributed by atoms with Crippen LogP contribution in [0.4, 0.5) is 0 Å². The zero-order valence-corrected chi connectivity index (χ0v) is 37.6. The molecule has 1 heteroatoms. The van der Waals surface area contributed by atoms with Crippen molar-refractivity contribution in [1.82, 2.24) is 4.90 Å². The van der Waals surface area contributed by atoms with E-state index in [1.165, 1.54) is 12.8 Å². The van der Waals surface area contributed by atoms with Crippen molar-refractivity contribution in [2.24, 2.45) is 94.7 Å². The van der Waals surface area contributed by atoms with Crippen molar-refractivity contribution in [2.75, 3.05) is 0 Å². The van der Waals surface area contributed by atoms with Crippen LogP contribution < -0.4 is 0 Å². The summed E-state index contributed by atoms with van der Waals surface area (Å²) in [5.41, 5.74) is 0. The van der Waals surface area contributed by atoms with Crippen LogP contribution in [-0.2, 0) is 0 Å². The van der Waals surface area contributed by atoms with E-state index in [0.29, 0.717) is 0 Å². The number of hydrogen-bond donors (Lipinski definition) is 0. The molecule has 12 atom stereocenters. The summed E-state index contributed by atoms with van der Waals surface area (Å²) < 4.78 is 0. The molecule has 11 aliphatic carbocycles. The molecule has 0 aromatic rings. The van der Waals surface area contributed by atoms with E-state index in [1.54, 1.807) is 225 Å². The zero-order chi connectivity index (χ0) is 37.7. The highest BCUT2D eigenvalue weighted by atomic mass is 15.2. The molecule has 11 fully saturated rings. The van der Waals surface area contributed by atoms with Gasteiger partial charge in [0.05, 0.1) is 0 Å². The SMILES string of the molecule is C1CCC(C2CCC(N(C3CCC(C4CCCCC4)CC3)C3CCC4CC5CCCC(C6CCC(C7CC8CCCCC8C7)C7CCCCC76)C5C4C3)CC2)CC1. The first-order valence-corrected chi connectivity index (χ1v) is 28.0. The first kappa shape index (κ1) is 39.8. The van der Waals surface area contributed by atoms with Crippen LogP contribution >= 0.6 is 0 Å². The third kappa shape index (κ3) is 8.09. The lowest BCUT2D eigenvalue weighted by atomic mass is 9.52. The number of nitrogens with zero attached hydrogens (tertiary/aromatic N) is 1. The highest BCUT2D eigenvalue weighted by Gasteiger charge is 2.56. The molecule has 0 aromatic heterocycles. The van der Waals surface area contributed by atoms with Crippen molar-refractivity contribution >= 4 is 0 Å². The molecule has 0 bridgehead atoms. The van der Waals surface area contributed by atoms with Gasteiger partial charge in [-0.3, -0.25) is 4.90 Å². The van der Waals surface area contributed by atoms with Crippen LogP contribution in [0.25, 0.3) is 0 Å². The third-order valence-electron chi connectivity index (χ3n) is 22.9. The number of rotatable bonds is 7. The molecule has 0 radical (unpaired) electrons. The highest BCUT2D eigenvalue weighted by molar-refractivity contribution is 5.06. The molecule has 12 unspecified atom stereocenters. The van der Waals surface area contributed by atoms with Gasteiger partial charge in [-0.15, -0.1) is 0 Å². The molecular formula is C56H93N. The van der Waals surface area contributed by atoms with Crippen LogP contribution in [0.3, 0.4) is 0 Å². The Morgan fingerprint density at radius 2 is 0.596 bits per heavy atom. The van der Waals surface area contributed by atoms with Gasteiger partial charge in [-0.1, -0.05) is 116 Å². The first-order valence-electron chi connectivity index (χ1n) is 28.0. The lowest BCUT2D eigenvalue weighted by Crippen LogP contribution is -2.54. The van der Waals surface area contributed by atoms with E-state index in [1.807, 2.05) is 0 Å². The summed E-state index contributed by atoms with van der Waals surface area (Å²) in [6, 6.07) is 2.79. The fourth-order valence-corrected chi connectivity index (χ4v) is 20.6. The van der Waals surface area contributed by atoms with Crippen molar-refractivity contribution in [3.8, 4) is 0 Å². The zero-order valence-electron chi connectivity index (χ0n) is 37.6. The van der Waals surface area contributed by atoms with Gasteiger partial charge < -0.3 is 0 Å². The molecule has 0 N–H and O–H groups in total. The van der Waals surface area contributed by atoms with E-state index in [0.717, 1.165) is 113 Å². The van der Waals surface area contributed by atoms with Crippen LogP contribution in [0, 0.1) is 94.7 Å². The van der Waals surface area contributed by atoms with Gasteiger partial charge in [-0.25, -0.2) is 0 Å². The van der Waals surface area contributed by atoms with E-state index >= 15 is 0 Å². The molecule has 11 aliphatic rings. The molecule has 11 saturated carbocycles. The van der Waals surface area contributed by atoms with Crippen molar-refractivity contribution in [2.45, 2.75) is 256 Å². The molecule has 0 spiro atoms. The molecule has 0 aliphatic heterocycles. The fourth-order valence-electron chi connectivity index (χ4n) is 20.6. The highest BCUT2D eigenvalue weighted by Crippen LogP contribution is 2.63. The van der Waals surface area contributed by atoms with Crippen molar-refractivity contribution in [3.63, 3.8) is 0 Å². The lowest BCUT2D eigenvalue weighted by molar-refractivity contribution is -0.0536. The van der Waals surface area contributed by atoms with Gasteiger partial charge >= 0.3 is 0 Å². The summed E-state index contributed by atoms with van der Waals surface area (Å²) in [6.07, 6.45) is 58.8. The van der Waals surface area contributed by atoms with Crippen LogP contribution in [0.1, 0.15) is 238 Å². The largest absolute Gasteiger partial charge is 0.294 e. The second-order valence-electron chi connectivity index (χ2n) is 25.0. The Kier molecular flexibility index (Phi) is 12.5. The summed E-state index contributed by atoms with van der Waals surface area (Å²) >= 11 is 0. The van der Waals surface area contributed by atoms with Gasteiger partial charge in [0.1, 0.15) is 0 Å². The molecule has 322 valence electrons. The normalized spacial score (nSPS) is 50.2. The van der Waals surface area contributed by atoms with Gasteiger partial charge in [-0.2, -0.15) is 0 Å². The summed E-state index contributed by atoms with van der Waals surface area (Å²) in [7, 11) is 0. The Bertz CT molecular complexity index is 1210. The van der Waals surface area contributed by atoms with Gasteiger partial charge in [0.2, 0.25) is 0 Å². The average Bonchev–Trinajstić information content (AvgIpc) is 3.89. The minimum atomic E-state index is 0.930. The minimum absolute atomic E-state index is 0.930. The average molecular weight is 780 g/mol. The number of fused-ring (bicyclic) bond motifs is 5.